The molecule has 1 fully saturated rings. The van der Waals surface area contributed by atoms with Crippen molar-refractivity contribution in [1.29, 1.82) is 0 Å². The lowest BCUT2D eigenvalue weighted by molar-refractivity contribution is -0.128. The number of thioether (sulfide) groups is 1. The summed E-state index contributed by atoms with van der Waals surface area (Å²) in [6, 6.07) is 16.1. The molecule has 0 saturated carbocycles. The van der Waals surface area contributed by atoms with Gasteiger partial charge >= 0.3 is 0 Å². The van der Waals surface area contributed by atoms with Gasteiger partial charge in [0.25, 0.3) is 0 Å². The average Bonchev–Trinajstić information content (AvgIpc) is 2.83. The van der Waals surface area contributed by atoms with Crippen LogP contribution in [-0.4, -0.2) is 61.4 Å². The van der Waals surface area contributed by atoms with Gasteiger partial charge in [0.2, 0.25) is 5.91 Å². The third kappa shape index (κ3) is 5.10. The summed E-state index contributed by atoms with van der Waals surface area (Å²) >= 11 is 1.52. The number of carbonyl (C=O) groups excluding carboxylic acids is 1. The molecule has 0 radical (unpaired) electrons. The van der Waals surface area contributed by atoms with Crippen molar-refractivity contribution in [3.63, 3.8) is 0 Å². The molecule has 3 aromatic rings. The Labute approximate surface area is 193 Å². The summed E-state index contributed by atoms with van der Waals surface area (Å²) in [5, 5.41) is 1.96. The summed E-state index contributed by atoms with van der Waals surface area (Å²) < 4.78 is 10.8. The van der Waals surface area contributed by atoms with Crippen LogP contribution in [0, 0.1) is 6.92 Å². The molecule has 0 spiro atoms. The number of ether oxygens (including phenoxy) is 2. The largest absolute Gasteiger partial charge is 0.497 e. The van der Waals surface area contributed by atoms with Crippen molar-refractivity contribution in [2.24, 2.45) is 0 Å². The second-order valence-corrected chi connectivity index (χ2v) is 8.72. The monoisotopic (exact) mass is 451 g/mol. The van der Waals surface area contributed by atoms with Crippen LogP contribution in [0.5, 0.6) is 11.5 Å². The number of hydrogen-bond donors (Lipinski definition) is 0. The van der Waals surface area contributed by atoms with E-state index in [1.54, 1.807) is 7.11 Å². The highest BCUT2D eigenvalue weighted by atomic mass is 32.2. The van der Waals surface area contributed by atoms with Gasteiger partial charge in [0.1, 0.15) is 16.5 Å². The highest BCUT2D eigenvalue weighted by Gasteiger charge is 2.22. The maximum absolute atomic E-state index is 12.8. The lowest BCUT2D eigenvalue weighted by Crippen LogP contribution is -2.49. The SMILES string of the molecule is CCOc1ccc2nc(SCC(=O)N3CCN(c4ccc(OC)cc4)CC3)c(C)cc2c1. The first-order valence-electron chi connectivity index (χ1n) is 10.9. The number of methoxy groups -OCH3 is 1. The first kappa shape index (κ1) is 22.3. The van der Waals surface area contributed by atoms with E-state index in [1.165, 1.54) is 11.8 Å². The van der Waals surface area contributed by atoms with Crippen molar-refractivity contribution in [3.8, 4) is 11.5 Å². The van der Waals surface area contributed by atoms with Gasteiger partial charge in [-0.25, -0.2) is 4.98 Å². The van der Waals surface area contributed by atoms with Crippen LogP contribution in [0.15, 0.2) is 53.6 Å². The highest BCUT2D eigenvalue weighted by molar-refractivity contribution is 7.99. The van der Waals surface area contributed by atoms with E-state index in [0.29, 0.717) is 12.4 Å². The Kier molecular flexibility index (Phi) is 7.05. The molecule has 0 unspecified atom stereocenters. The van der Waals surface area contributed by atoms with Gasteiger partial charge in [-0.1, -0.05) is 11.8 Å². The fourth-order valence-corrected chi connectivity index (χ4v) is 4.77. The van der Waals surface area contributed by atoms with E-state index >= 15 is 0 Å². The molecular formula is C25H29N3O3S. The zero-order valence-electron chi connectivity index (χ0n) is 18.8. The van der Waals surface area contributed by atoms with Gasteiger partial charge in [-0.15, -0.1) is 0 Å². The first-order valence-corrected chi connectivity index (χ1v) is 11.9. The van der Waals surface area contributed by atoms with Crippen molar-refractivity contribution in [2.75, 3.05) is 50.5 Å². The number of aromatic nitrogens is 1. The van der Waals surface area contributed by atoms with Crippen LogP contribution in [0.25, 0.3) is 10.9 Å². The Morgan fingerprint density at radius 1 is 1.03 bits per heavy atom. The molecule has 0 N–H and O–H groups in total. The topological polar surface area (TPSA) is 54.9 Å². The Balaban J connectivity index is 1.33. The number of aryl methyl sites for hydroxylation is 1. The van der Waals surface area contributed by atoms with Crippen molar-refractivity contribution in [3.05, 3.63) is 54.1 Å². The molecule has 32 heavy (non-hydrogen) atoms. The van der Waals surface area contributed by atoms with Crippen LogP contribution in [0.1, 0.15) is 12.5 Å². The summed E-state index contributed by atoms with van der Waals surface area (Å²) in [6.07, 6.45) is 0. The van der Waals surface area contributed by atoms with Crippen LogP contribution in [0.3, 0.4) is 0 Å². The molecular weight excluding hydrogens is 422 g/mol. The molecule has 2 aromatic carbocycles. The number of benzene rings is 2. The van der Waals surface area contributed by atoms with Gasteiger partial charge in [-0.3, -0.25) is 4.79 Å². The molecule has 0 atom stereocenters. The van der Waals surface area contributed by atoms with E-state index in [0.717, 1.165) is 64.9 Å². The van der Waals surface area contributed by atoms with Crippen LogP contribution < -0.4 is 14.4 Å². The number of carbonyl (C=O) groups is 1. The van der Waals surface area contributed by atoms with Crippen LogP contribution in [0.4, 0.5) is 5.69 Å². The molecule has 7 heteroatoms. The normalized spacial score (nSPS) is 14.0. The molecule has 0 bridgehead atoms. The first-order chi connectivity index (χ1) is 15.6. The molecule has 1 aliphatic rings. The minimum absolute atomic E-state index is 0.164. The lowest BCUT2D eigenvalue weighted by Gasteiger charge is -2.36. The van der Waals surface area contributed by atoms with E-state index in [4.69, 9.17) is 14.5 Å². The fraction of sp³-hybridized carbons (Fsp3) is 0.360. The van der Waals surface area contributed by atoms with Crippen molar-refractivity contribution in [1.82, 2.24) is 9.88 Å². The number of amides is 1. The summed E-state index contributed by atoms with van der Waals surface area (Å²) in [5.74, 6) is 2.27. The molecule has 1 aliphatic heterocycles. The predicted molar refractivity (Wildman–Crippen MR) is 130 cm³/mol. The Morgan fingerprint density at radius 2 is 1.75 bits per heavy atom. The molecule has 2 heterocycles. The zero-order chi connectivity index (χ0) is 22.5. The number of hydrogen-bond acceptors (Lipinski definition) is 6. The van der Waals surface area contributed by atoms with Gasteiger partial charge in [-0.2, -0.15) is 0 Å². The van der Waals surface area contributed by atoms with Gasteiger partial charge in [-0.05, 0) is 67.9 Å². The molecule has 168 valence electrons. The zero-order valence-corrected chi connectivity index (χ0v) is 19.7. The summed E-state index contributed by atoms with van der Waals surface area (Å²) in [4.78, 5) is 21.9. The van der Waals surface area contributed by atoms with Crippen molar-refractivity contribution >= 4 is 34.3 Å². The van der Waals surface area contributed by atoms with Gasteiger partial charge in [0, 0.05) is 37.3 Å². The van der Waals surface area contributed by atoms with Crippen molar-refractivity contribution in [2.45, 2.75) is 18.9 Å². The Hall–Kier alpha value is -2.93. The fourth-order valence-electron chi connectivity index (χ4n) is 3.87. The Morgan fingerprint density at radius 3 is 2.44 bits per heavy atom. The summed E-state index contributed by atoms with van der Waals surface area (Å²) in [5.41, 5.74) is 3.16. The smallest absolute Gasteiger partial charge is 0.233 e. The molecule has 1 saturated heterocycles. The number of pyridine rings is 1. The third-order valence-corrected chi connectivity index (χ3v) is 6.72. The van der Waals surface area contributed by atoms with Crippen molar-refractivity contribution < 1.29 is 14.3 Å². The molecule has 1 aromatic heterocycles. The van der Waals surface area contributed by atoms with E-state index in [-0.39, 0.29) is 5.91 Å². The summed E-state index contributed by atoms with van der Waals surface area (Å²) in [7, 11) is 1.67. The number of nitrogens with zero attached hydrogens (tertiary/aromatic N) is 3. The number of rotatable bonds is 7. The highest BCUT2D eigenvalue weighted by Crippen LogP contribution is 2.27. The van der Waals surface area contributed by atoms with Crippen LogP contribution in [0.2, 0.25) is 0 Å². The van der Waals surface area contributed by atoms with E-state index in [1.807, 2.05) is 49.1 Å². The van der Waals surface area contributed by atoms with E-state index in [2.05, 4.69) is 23.1 Å². The van der Waals surface area contributed by atoms with E-state index < -0.39 is 0 Å². The third-order valence-electron chi connectivity index (χ3n) is 5.64. The second kappa shape index (κ2) is 10.1. The van der Waals surface area contributed by atoms with Crippen LogP contribution >= 0.6 is 11.8 Å². The van der Waals surface area contributed by atoms with E-state index in [9.17, 15) is 4.79 Å². The maximum Gasteiger partial charge on any atom is 0.233 e. The van der Waals surface area contributed by atoms with Gasteiger partial charge < -0.3 is 19.3 Å². The lowest BCUT2D eigenvalue weighted by atomic mass is 10.1. The standard InChI is InChI=1S/C25H29N3O3S/c1-4-31-22-9-10-23-19(16-22)15-18(2)25(26-23)32-17-24(29)28-13-11-27(12-14-28)20-5-7-21(30-3)8-6-20/h5-10,15-16H,4,11-14,17H2,1-3H3. The second-order valence-electron chi connectivity index (χ2n) is 7.75. The Bertz CT molecular complexity index is 1080. The molecule has 1 amide bonds. The number of piperazine rings is 1. The quantitative estimate of drug-likeness (QED) is 0.497. The van der Waals surface area contributed by atoms with Gasteiger partial charge in [0.05, 0.1) is 25.0 Å². The number of anilines is 1. The minimum Gasteiger partial charge on any atom is -0.497 e. The molecule has 0 aliphatic carbocycles. The van der Waals surface area contributed by atoms with Gasteiger partial charge in [0.15, 0.2) is 0 Å². The average molecular weight is 452 g/mol. The summed E-state index contributed by atoms with van der Waals surface area (Å²) in [6.45, 7) is 7.79. The molecule has 4 rings (SSSR count). The van der Waals surface area contributed by atoms with Crippen LogP contribution in [-0.2, 0) is 4.79 Å². The number of fused-ring (bicyclic) bond motifs is 1. The predicted octanol–water partition coefficient (Wildman–Crippen LogP) is 4.39. The molecule has 6 nitrogen and oxygen atoms in total. The maximum atomic E-state index is 12.8. The minimum atomic E-state index is 0.164.